The fourth-order valence-electron chi connectivity index (χ4n) is 4.58. The third kappa shape index (κ3) is 6.95. The second-order valence-corrected chi connectivity index (χ2v) is 9.44. The largest absolute Gasteiger partial charge is 0.441 e. The van der Waals surface area contributed by atoms with Gasteiger partial charge in [-0.25, -0.2) is 4.98 Å². The van der Waals surface area contributed by atoms with E-state index in [1.54, 1.807) is 0 Å². The van der Waals surface area contributed by atoms with Crippen molar-refractivity contribution in [3.63, 3.8) is 0 Å². The quantitative estimate of drug-likeness (QED) is 0.458. The minimum atomic E-state index is 0.111. The van der Waals surface area contributed by atoms with Crippen LogP contribution in [0.5, 0.6) is 0 Å². The summed E-state index contributed by atoms with van der Waals surface area (Å²) in [6.45, 7) is 11.9. The van der Waals surface area contributed by atoms with Crippen molar-refractivity contribution in [2.24, 2.45) is 0 Å². The molecular weight excluding hydrogens is 436 g/mol. The molecular formula is C29H38N4O2. The van der Waals surface area contributed by atoms with Crippen molar-refractivity contribution >= 4 is 11.6 Å². The topological polar surface area (TPSA) is 61.6 Å². The van der Waals surface area contributed by atoms with Crippen LogP contribution < -0.4 is 10.2 Å². The number of oxazole rings is 1. The van der Waals surface area contributed by atoms with Crippen LogP contribution in [0.15, 0.2) is 52.9 Å². The zero-order chi connectivity index (χ0) is 24.6. The third-order valence-corrected chi connectivity index (χ3v) is 6.81. The van der Waals surface area contributed by atoms with Gasteiger partial charge in [0.1, 0.15) is 5.76 Å². The molecule has 4 rings (SSSR count). The Balaban J connectivity index is 1.13. The minimum absolute atomic E-state index is 0.111. The highest BCUT2D eigenvalue weighted by Gasteiger charge is 2.17. The summed E-state index contributed by atoms with van der Waals surface area (Å²) in [5.74, 6) is 1.61. The second kappa shape index (κ2) is 12.0. The van der Waals surface area contributed by atoms with Crippen molar-refractivity contribution in [2.45, 2.75) is 46.5 Å². The average Bonchev–Trinajstić information content (AvgIpc) is 3.25. The number of rotatable bonds is 10. The van der Waals surface area contributed by atoms with Crippen molar-refractivity contribution in [2.75, 3.05) is 44.2 Å². The highest BCUT2D eigenvalue weighted by molar-refractivity contribution is 5.75. The van der Waals surface area contributed by atoms with Gasteiger partial charge in [0.05, 0.1) is 5.69 Å². The zero-order valence-electron chi connectivity index (χ0n) is 21.3. The second-order valence-electron chi connectivity index (χ2n) is 9.44. The van der Waals surface area contributed by atoms with Gasteiger partial charge in [-0.3, -0.25) is 9.69 Å². The van der Waals surface area contributed by atoms with Gasteiger partial charge in [0.25, 0.3) is 0 Å². The molecule has 6 nitrogen and oxygen atoms in total. The smallest absolute Gasteiger partial charge is 0.226 e. The van der Waals surface area contributed by atoms with Crippen molar-refractivity contribution < 1.29 is 9.21 Å². The number of piperazine rings is 1. The molecule has 1 aliphatic rings. The van der Waals surface area contributed by atoms with Crippen LogP contribution in [0.1, 0.15) is 42.3 Å². The van der Waals surface area contributed by atoms with Gasteiger partial charge in [-0.05, 0) is 68.5 Å². The number of amides is 1. The molecule has 2 aromatic carbocycles. The number of aromatic nitrogens is 1. The summed E-state index contributed by atoms with van der Waals surface area (Å²) in [5.41, 5.74) is 5.84. The van der Waals surface area contributed by atoms with Gasteiger partial charge in [0.15, 0.2) is 0 Å². The molecule has 3 aromatic rings. The maximum atomic E-state index is 12.3. The van der Waals surface area contributed by atoms with Gasteiger partial charge in [-0.2, -0.15) is 0 Å². The van der Waals surface area contributed by atoms with Crippen LogP contribution in [-0.4, -0.2) is 55.1 Å². The predicted octanol–water partition coefficient (Wildman–Crippen LogP) is 4.78. The van der Waals surface area contributed by atoms with Crippen LogP contribution in [0.3, 0.4) is 0 Å². The van der Waals surface area contributed by atoms with E-state index in [4.69, 9.17) is 4.42 Å². The van der Waals surface area contributed by atoms with Crippen LogP contribution >= 0.6 is 0 Å². The van der Waals surface area contributed by atoms with Crippen molar-refractivity contribution in [1.29, 1.82) is 0 Å². The van der Waals surface area contributed by atoms with Crippen LogP contribution in [0, 0.1) is 13.8 Å². The Hall–Kier alpha value is -3.12. The van der Waals surface area contributed by atoms with E-state index >= 15 is 0 Å². The molecule has 1 aromatic heterocycles. The highest BCUT2D eigenvalue weighted by Crippen LogP contribution is 2.23. The minimum Gasteiger partial charge on any atom is -0.441 e. The lowest BCUT2D eigenvalue weighted by molar-refractivity contribution is -0.121. The number of hydrogen-bond donors (Lipinski definition) is 1. The van der Waals surface area contributed by atoms with Gasteiger partial charge in [-0.1, -0.05) is 31.2 Å². The Bertz CT molecular complexity index is 1100. The summed E-state index contributed by atoms with van der Waals surface area (Å²) >= 11 is 0. The molecule has 35 heavy (non-hydrogen) atoms. The van der Waals surface area contributed by atoms with Crippen LogP contribution in [-0.2, 0) is 17.6 Å². The number of aryl methyl sites for hydroxylation is 4. The molecule has 1 fully saturated rings. The van der Waals surface area contributed by atoms with Crippen LogP contribution in [0.4, 0.5) is 5.69 Å². The van der Waals surface area contributed by atoms with Crippen molar-refractivity contribution in [3.8, 4) is 11.5 Å². The molecule has 2 heterocycles. The Morgan fingerprint density at radius 3 is 2.54 bits per heavy atom. The zero-order valence-corrected chi connectivity index (χ0v) is 21.3. The Morgan fingerprint density at radius 2 is 1.83 bits per heavy atom. The first-order chi connectivity index (χ1) is 17.0. The van der Waals surface area contributed by atoms with Crippen LogP contribution in [0.2, 0.25) is 0 Å². The Labute approximate surface area is 209 Å². The molecule has 0 bridgehead atoms. The number of nitrogens with one attached hydrogen (secondary N) is 1. The summed E-state index contributed by atoms with van der Waals surface area (Å²) in [6, 6.07) is 17.0. The molecule has 1 aliphatic heterocycles. The van der Waals surface area contributed by atoms with E-state index in [0.29, 0.717) is 18.9 Å². The van der Waals surface area contributed by atoms with E-state index in [1.807, 2.05) is 6.92 Å². The molecule has 0 radical (unpaired) electrons. The lowest BCUT2D eigenvalue weighted by atomic mass is 10.1. The van der Waals surface area contributed by atoms with E-state index < -0.39 is 0 Å². The summed E-state index contributed by atoms with van der Waals surface area (Å²) in [6.07, 6.45) is 3.04. The summed E-state index contributed by atoms with van der Waals surface area (Å²) in [5, 5.41) is 3.08. The number of anilines is 1. The molecule has 0 spiro atoms. The monoisotopic (exact) mass is 474 g/mol. The number of hydrogen-bond acceptors (Lipinski definition) is 5. The SMILES string of the molecule is CCc1ccc(-c2nc(CCCC(=O)NCCN3CCN(c4cccc(C)c4)CC3)c(C)o2)cc1. The van der Waals surface area contributed by atoms with Gasteiger partial charge < -0.3 is 14.6 Å². The fraction of sp³-hybridized carbons (Fsp3) is 0.448. The van der Waals surface area contributed by atoms with E-state index in [9.17, 15) is 4.79 Å². The van der Waals surface area contributed by atoms with E-state index in [1.165, 1.54) is 16.8 Å². The summed E-state index contributed by atoms with van der Waals surface area (Å²) in [4.78, 5) is 21.9. The maximum absolute atomic E-state index is 12.3. The lowest BCUT2D eigenvalue weighted by Gasteiger charge is -2.36. The molecule has 0 atom stereocenters. The first kappa shape index (κ1) is 25.0. The average molecular weight is 475 g/mol. The Morgan fingerprint density at radius 1 is 1.06 bits per heavy atom. The molecule has 0 unspecified atom stereocenters. The molecule has 6 heteroatoms. The highest BCUT2D eigenvalue weighted by atomic mass is 16.4. The molecule has 0 saturated carbocycles. The molecule has 0 aliphatic carbocycles. The van der Waals surface area contributed by atoms with Crippen molar-refractivity contribution in [1.82, 2.24) is 15.2 Å². The van der Waals surface area contributed by atoms with Gasteiger partial charge in [0.2, 0.25) is 11.8 Å². The van der Waals surface area contributed by atoms with Crippen LogP contribution in [0.25, 0.3) is 11.5 Å². The molecule has 1 amide bonds. The maximum Gasteiger partial charge on any atom is 0.226 e. The first-order valence-electron chi connectivity index (χ1n) is 12.9. The standard InChI is InChI=1S/C29H38N4O2/c1-4-24-11-13-25(14-12-24)29-31-27(23(3)35-29)9-6-10-28(34)30-15-16-32-17-19-33(20-18-32)26-8-5-7-22(2)21-26/h5,7-8,11-14,21H,4,6,9-10,15-20H2,1-3H3,(H,30,34). The van der Waals surface area contributed by atoms with Crippen molar-refractivity contribution in [3.05, 3.63) is 71.1 Å². The first-order valence-corrected chi connectivity index (χ1v) is 12.9. The van der Waals surface area contributed by atoms with Gasteiger partial charge >= 0.3 is 0 Å². The number of carbonyl (C=O) groups excluding carboxylic acids is 1. The van der Waals surface area contributed by atoms with Gasteiger partial charge in [-0.15, -0.1) is 0 Å². The van der Waals surface area contributed by atoms with Gasteiger partial charge in [0, 0.05) is 56.9 Å². The molecule has 1 saturated heterocycles. The normalized spacial score (nSPS) is 14.3. The third-order valence-electron chi connectivity index (χ3n) is 6.81. The van der Waals surface area contributed by atoms with E-state index in [-0.39, 0.29) is 5.91 Å². The van der Waals surface area contributed by atoms with E-state index in [2.05, 4.69) is 82.5 Å². The fourth-order valence-corrected chi connectivity index (χ4v) is 4.58. The summed E-state index contributed by atoms with van der Waals surface area (Å²) < 4.78 is 5.88. The lowest BCUT2D eigenvalue weighted by Crippen LogP contribution is -2.48. The van der Waals surface area contributed by atoms with E-state index in [0.717, 1.165) is 69.0 Å². The molecule has 186 valence electrons. The number of carbonyl (C=O) groups is 1. The number of benzene rings is 2. The number of nitrogens with zero attached hydrogens (tertiary/aromatic N) is 3. The predicted molar refractivity (Wildman–Crippen MR) is 142 cm³/mol. The summed E-state index contributed by atoms with van der Waals surface area (Å²) in [7, 11) is 0. The molecule has 1 N–H and O–H groups in total. The Kier molecular flexibility index (Phi) is 8.59.